The zero-order valence-corrected chi connectivity index (χ0v) is 15.2. The highest BCUT2D eigenvalue weighted by atomic mass is 127. The van der Waals surface area contributed by atoms with E-state index in [2.05, 4.69) is 53.3 Å². The summed E-state index contributed by atoms with van der Waals surface area (Å²) in [4.78, 5) is 6.65. The van der Waals surface area contributed by atoms with E-state index < -0.39 is 0 Å². The molecule has 0 aromatic heterocycles. The summed E-state index contributed by atoms with van der Waals surface area (Å²) in [6.07, 6.45) is 0. The number of halogens is 1. The second-order valence-corrected chi connectivity index (χ2v) is 4.98. The number of benzene rings is 1. The molecule has 1 rings (SSSR count). The Hall–Kier alpha value is -0.980. The highest BCUT2D eigenvalue weighted by Crippen LogP contribution is 2.15. The van der Waals surface area contributed by atoms with Gasteiger partial charge in [-0.3, -0.25) is 4.99 Å². The Kier molecular flexibility index (Phi) is 9.37. The predicted octanol–water partition coefficient (Wildman–Crippen LogP) is 2.75. The monoisotopic (exact) mass is 390 g/mol. The van der Waals surface area contributed by atoms with Crippen molar-refractivity contribution >= 4 is 35.6 Å². The van der Waals surface area contributed by atoms with E-state index in [0.29, 0.717) is 18.5 Å². The Bertz CT molecular complexity index is 418. The molecule has 0 atom stereocenters. The number of nitrogens with zero attached hydrogens (tertiary/aromatic N) is 2. The molecule has 0 bridgehead atoms. The maximum absolute atomic E-state index is 5.79. The van der Waals surface area contributed by atoms with E-state index in [1.165, 1.54) is 11.3 Å². The van der Waals surface area contributed by atoms with Gasteiger partial charge in [0.1, 0.15) is 0 Å². The van der Waals surface area contributed by atoms with Crippen LogP contribution in [0.1, 0.15) is 26.3 Å². The van der Waals surface area contributed by atoms with Crippen molar-refractivity contribution < 1.29 is 0 Å². The Morgan fingerprint density at radius 3 is 2.65 bits per heavy atom. The average molecular weight is 390 g/mol. The normalized spacial score (nSPS) is 11.2. The molecule has 0 saturated carbocycles. The lowest BCUT2D eigenvalue weighted by molar-refractivity contribution is 0.721. The van der Waals surface area contributed by atoms with Crippen molar-refractivity contribution in [3.05, 3.63) is 29.8 Å². The van der Waals surface area contributed by atoms with Crippen molar-refractivity contribution in [2.24, 2.45) is 10.7 Å². The van der Waals surface area contributed by atoms with Gasteiger partial charge in [-0.05, 0) is 45.4 Å². The van der Waals surface area contributed by atoms with Crippen LogP contribution < -0.4 is 16.0 Å². The fourth-order valence-corrected chi connectivity index (χ4v) is 1.93. The first-order chi connectivity index (χ1) is 9.02. The molecule has 20 heavy (non-hydrogen) atoms. The van der Waals surface area contributed by atoms with Crippen LogP contribution in [-0.4, -0.2) is 31.6 Å². The highest BCUT2D eigenvalue weighted by Gasteiger charge is 2.03. The smallest absolute Gasteiger partial charge is 0.188 e. The summed E-state index contributed by atoms with van der Waals surface area (Å²) in [5.74, 6) is 0.523. The maximum Gasteiger partial charge on any atom is 0.188 e. The molecule has 0 fully saturated rings. The van der Waals surface area contributed by atoms with E-state index in [9.17, 15) is 0 Å². The van der Waals surface area contributed by atoms with Crippen LogP contribution >= 0.6 is 24.0 Å². The van der Waals surface area contributed by atoms with Crippen molar-refractivity contribution in [1.82, 2.24) is 5.32 Å². The number of guanidine groups is 1. The summed E-state index contributed by atoms with van der Waals surface area (Å²) in [6, 6.07) is 8.85. The molecule has 0 aliphatic rings. The molecule has 1 aromatic rings. The van der Waals surface area contributed by atoms with Crippen molar-refractivity contribution in [2.75, 3.05) is 24.5 Å². The van der Waals surface area contributed by atoms with E-state index in [0.717, 1.165) is 13.1 Å². The number of anilines is 1. The van der Waals surface area contributed by atoms with Gasteiger partial charge >= 0.3 is 0 Å². The van der Waals surface area contributed by atoms with Crippen molar-refractivity contribution in [2.45, 2.75) is 33.7 Å². The Morgan fingerprint density at radius 1 is 1.40 bits per heavy atom. The van der Waals surface area contributed by atoms with Gasteiger partial charge in [-0.25, -0.2) is 0 Å². The van der Waals surface area contributed by atoms with Gasteiger partial charge in [0.2, 0.25) is 0 Å². The quantitative estimate of drug-likeness (QED) is 0.446. The molecular weight excluding hydrogens is 363 g/mol. The Labute approximate surface area is 139 Å². The third-order valence-electron chi connectivity index (χ3n) is 2.84. The molecule has 1 aromatic carbocycles. The van der Waals surface area contributed by atoms with E-state index in [1.54, 1.807) is 0 Å². The Balaban J connectivity index is 0.00000361. The number of aliphatic imine (C=N–C) groups is 1. The zero-order chi connectivity index (χ0) is 14.3. The third kappa shape index (κ3) is 6.98. The molecule has 4 nitrogen and oxygen atoms in total. The molecule has 3 N–H and O–H groups in total. The van der Waals surface area contributed by atoms with Crippen LogP contribution in [0.3, 0.4) is 0 Å². The lowest BCUT2D eigenvalue weighted by Gasteiger charge is -2.22. The summed E-state index contributed by atoms with van der Waals surface area (Å²) in [7, 11) is 0. The van der Waals surface area contributed by atoms with Crippen molar-refractivity contribution in [3.63, 3.8) is 0 Å². The van der Waals surface area contributed by atoms with Gasteiger partial charge in [-0.15, -0.1) is 24.0 Å². The summed E-state index contributed by atoms with van der Waals surface area (Å²) < 4.78 is 0. The molecule has 0 aliphatic heterocycles. The first-order valence-electron chi connectivity index (χ1n) is 6.91. The fraction of sp³-hybridized carbons (Fsp3) is 0.533. The molecular formula is C15H27IN4. The molecule has 0 radical (unpaired) electrons. The molecule has 0 unspecified atom stereocenters. The van der Waals surface area contributed by atoms with Crippen LogP contribution in [0.4, 0.5) is 5.69 Å². The number of aryl methyl sites for hydroxylation is 1. The van der Waals surface area contributed by atoms with Gasteiger partial charge in [0, 0.05) is 24.8 Å². The maximum atomic E-state index is 5.79. The molecule has 0 spiro atoms. The topological polar surface area (TPSA) is 53.6 Å². The SMILES string of the molecule is CCN(CCN=C(N)NC(C)C)c1cccc(C)c1.I. The number of hydrogen-bond acceptors (Lipinski definition) is 2. The van der Waals surface area contributed by atoms with Crippen LogP contribution in [0, 0.1) is 6.92 Å². The summed E-state index contributed by atoms with van der Waals surface area (Å²) in [6.45, 7) is 10.9. The van der Waals surface area contributed by atoms with E-state index >= 15 is 0 Å². The zero-order valence-electron chi connectivity index (χ0n) is 12.9. The van der Waals surface area contributed by atoms with Crippen LogP contribution in [0.5, 0.6) is 0 Å². The van der Waals surface area contributed by atoms with Crippen LogP contribution in [0.15, 0.2) is 29.3 Å². The molecule has 0 aliphatic carbocycles. The van der Waals surface area contributed by atoms with E-state index in [4.69, 9.17) is 5.73 Å². The second kappa shape index (κ2) is 9.85. The largest absolute Gasteiger partial charge is 0.370 e. The minimum absolute atomic E-state index is 0. The summed E-state index contributed by atoms with van der Waals surface area (Å²) in [5.41, 5.74) is 8.31. The fourth-order valence-electron chi connectivity index (χ4n) is 1.93. The highest BCUT2D eigenvalue weighted by molar-refractivity contribution is 14.0. The predicted molar refractivity (Wildman–Crippen MR) is 99.2 cm³/mol. The molecule has 0 amide bonds. The van der Waals surface area contributed by atoms with Crippen LogP contribution in [-0.2, 0) is 0 Å². The van der Waals surface area contributed by atoms with Gasteiger partial charge in [0.15, 0.2) is 5.96 Å². The number of nitrogens with two attached hydrogens (primary N) is 1. The van der Waals surface area contributed by atoms with Gasteiger partial charge in [0.05, 0.1) is 6.54 Å². The Morgan fingerprint density at radius 2 is 2.10 bits per heavy atom. The lowest BCUT2D eigenvalue weighted by atomic mass is 10.2. The van der Waals surface area contributed by atoms with E-state index in [-0.39, 0.29) is 24.0 Å². The van der Waals surface area contributed by atoms with Gasteiger partial charge in [0.25, 0.3) is 0 Å². The minimum Gasteiger partial charge on any atom is -0.370 e. The molecule has 5 heteroatoms. The first kappa shape index (κ1) is 19.0. The van der Waals surface area contributed by atoms with Gasteiger partial charge < -0.3 is 16.0 Å². The first-order valence-corrected chi connectivity index (χ1v) is 6.91. The van der Waals surface area contributed by atoms with Crippen LogP contribution in [0.25, 0.3) is 0 Å². The number of hydrogen-bond donors (Lipinski definition) is 2. The van der Waals surface area contributed by atoms with Gasteiger partial charge in [-0.2, -0.15) is 0 Å². The molecule has 0 heterocycles. The number of likely N-dealkylation sites (N-methyl/N-ethyl adjacent to an activating group) is 1. The van der Waals surface area contributed by atoms with Crippen molar-refractivity contribution in [3.8, 4) is 0 Å². The van der Waals surface area contributed by atoms with Crippen molar-refractivity contribution in [1.29, 1.82) is 0 Å². The number of nitrogens with one attached hydrogen (secondary N) is 1. The van der Waals surface area contributed by atoms with E-state index in [1.807, 2.05) is 13.8 Å². The minimum atomic E-state index is 0. The van der Waals surface area contributed by atoms with Gasteiger partial charge in [-0.1, -0.05) is 12.1 Å². The standard InChI is InChI=1S/C15H26N4.HI/c1-5-19(14-8-6-7-13(4)11-14)10-9-17-15(16)18-12(2)3;/h6-8,11-12H,5,9-10H2,1-4H3,(H3,16,17,18);1H. The average Bonchev–Trinajstić information content (AvgIpc) is 2.33. The molecule has 114 valence electrons. The summed E-state index contributed by atoms with van der Waals surface area (Å²) in [5, 5.41) is 3.09. The van der Waals surface area contributed by atoms with Crippen LogP contribution in [0.2, 0.25) is 0 Å². The second-order valence-electron chi connectivity index (χ2n) is 4.98. The number of rotatable bonds is 6. The third-order valence-corrected chi connectivity index (χ3v) is 2.84. The summed E-state index contributed by atoms with van der Waals surface area (Å²) >= 11 is 0. The lowest BCUT2D eigenvalue weighted by Crippen LogP contribution is -2.37. The molecule has 0 saturated heterocycles.